The summed E-state index contributed by atoms with van der Waals surface area (Å²) in [5.41, 5.74) is 5.95. The molecular formula is C19H27N3O4. The minimum atomic E-state index is -0.605. The maximum atomic E-state index is 12.7. The van der Waals surface area contributed by atoms with Gasteiger partial charge in [0, 0.05) is 12.2 Å². The number of benzene rings is 1. The zero-order valence-corrected chi connectivity index (χ0v) is 15.6. The Balaban J connectivity index is 2.03. The van der Waals surface area contributed by atoms with Gasteiger partial charge in [0.05, 0.1) is 6.42 Å². The van der Waals surface area contributed by atoms with Crippen molar-refractivity contribution in [1.82, 2.24) is 4.90 Å². The fraction of sp³-hybridized carbons (Fsp3) is 0.526. The Kier molecular flexibility index (Phi) is 6.23. The van der Waals surface area contributed by atoms with Gasteiger partial charge in [-0.3, -0.25) is 14.5 Å². The van der Waals surface area contributed by atoms with Crippen LogP contribution in [0.2, 0.25) is 0 Å². The number of nitrogens with two attached hydrogens (primary N) is 1. The van der Waals surface area contributed by atoms with Crippen LogP contribution in [0.5, 0.6) is 0 Å². The Hall–Kier alpha value is -2.57. The maximum Gasteiger partial charge on any atom is 0.410 e. The van der Waals surface area contributed by atoms with Crippen molar-refractivity contribution in [3.63, 3.8) is 0 Å². The second kappa shape index (κ2) is 8.21. The molecule has 1 aliphatic heterocycles. The molecule has 1 aromatic rings. The highest BCUT2D eigenvalue weighted by atomic mass is 16.6. The molecule has 26 heavy (non-hydrogen) atoms. The Morgan fingerprint density at radius 1 is 1.19 bits per heavy atom. The van der Waals surface area contributed by atoms with Crippen LogP contribution in [-0.4, -0.2) is 41.0 Å². The smallest absolute Gasteiger partial charge is 0.410 e. The molecule has 1 fully saturated rings. The van der Waals surface area contributed by atoms with Crippen LogP contribution in [0.15, 0.2) is 24.3 Å². The molecule has 7 heteroatoms. The summed E-state index contributed by atoms with van der Waals surface area (Å²) in [6.45, 7) is 5.91. The van der Waals surface area contributed by atoms with Crippen LogP contribution in [0.1, 0.15) is 45.6 Å². The molecule has 0 saturated carbocycles. The normalized spacial score (nSPS) is 17.5. The van der Waals surface area contributed by atoms with Gasteiger partial charge in [0.15, 0.2) is 0 Å². The van der Waals surface area contributed by atoms with Crippen molar-refractivity contribution in [2.45, 2.75) is 58.1 Å². The summed E-state index contributed by atoms with van der Waals surface area (Å²) in [5, 5.41) is 2.84. The number of nitrogens with one attached hydrogen (secondary N) is 1. The second-order valence-electron chi connectivity index (χ2n) is 7.51. The van der Waals surface area contributed by atoms with Crippen molar-refractivity contribution in [3.8, 4) is 0 Å². The van der Waals surface area contributed by atoms with Crippen LogP contribution in [0.4, 0.5) is 10.5 Å². The molecule has 1 saturated heterocycles. The molecule has 1 atom stereocenters. The van der Waals surface area contributed by atoms with E-state index >= 15 is 0 Å². The van der Waals surface area contributed by atoms with E-state index < -0.39 is 23.6 Å². The largest absolute Gasteiger partial charge is 0.444 e. The number of piperidine rings is 1. The third-order valence-corrected chi connectivity index (χ3v) is 4.03. The highest BCUT2D eigenvalue weighted by molar-refractivity contribution is 5.96. The topological polar surface area (TPSA) is 102 Å². The predicted molar refractivity (Wildman–Crippen MR) is 98.5 cm³/mol. The van der Waals surface area contributed by atoms with E-state index in [1.165, 1.54) is 4.90 Å². The lowest BCUT2D eigenvalue weighted by atomic mass is 10.0. The van der Waals surface area contributed by atoms with E-state index in [1.807, 2.05) is 0 Å². The minimum Gasteiger partial charge on any atom is -0.444 e. The lowest BCUT2D eigenvalue weighted by molar-refractivity contribution is -0.122. The average Bonchev–Trinajstić information content (AvgIpc) is 2.54. The van der Waals surface area contributed by atoms with Crippen molar-refractivity contribution >= 4 is 23.6 Å². The fourth-order valence-corrected chi connectivity index (χ4v) is 2.88. The first-order valence-corrected chi connectivity index (χ1v) is 8.83. The third kappa shape index (κ3) is 5.75. The molecule has 142 valence electrons. The molecule has 0 radical (unpaired) electrons. The Morgan fingerprint density at radius 2 is 1.85 bits per heavy atom. The van der Waals surface area contributed by atoms with Crippen LogP contribution in [0.25, 0.3) is 0 Å². The number of primary amides is 1. The number of nitrogens with zero attached hydrogens (tertiary/aromatic N) is 1. The number of likely N-dealkylation sites (tertiary alicyclic amines) is 1. The van der Waals surface area contributed by atoms with E-state index in [2.05, 4.69) is 5.32 Å². The molecule has 3 N–H and O–H groups in total. The quantitative estimate of drug-likeness (QED) is 0.860. The zero-order chi connectivity index (χ0) is 19.3. The highest BCUT2D eigenvalue weighted by Crippen LogP contribution is 2.22. The standard InChI is InChI=1S/C19H27N3O4/c1-19(2,3)26-18(25)22-11-5-4-6-15(22)17(24)21-14-9-7-13(8-10-14)12-16(20)23/h7-10,15H,4-6,11-12H2,1-3H3,(H2,20,23)(H,21,24). The van der Waals surface area contributed by atoms with E-state index in [1.54, 1.807) is 45.0 Å². The van der Waals surface area contributed by atoms with Gasteiger partial charge in [-0.15, -0.1) is 0 Å². The summed E-state index contributed by atoms with van der Waals surface area (Å²) in [6, 6.07) is 6.37. The van der Waals surface area contributed by atoms with Crippen LogP contribution < -0.4 is 11.1 Å². The summed E-state index contributed by atoms with van der Waals surface area (Å²) in [5.74, 6) is -0.643. The van der Waals surface area contributed by atoms with Gasteiger partial charge in [0.2, 0.25) is 11.8 Å². The Bertz CT molecular complexity index is 664. The molecule has 0 aliphatic carbocycles. The lowest BCUT2D eigenvalue weighted by Crippen LogP contribution is -2.51. The zero-order valence-electron chi connectivity index (χ0n) is 15.6. The maximum absolute atomic E-state index is 12.7. The van der Waals surface area contributed by atoms with Gasteiger partial charge in [0.1, 0.15) is 11.6 Å². The summed E-state index contributed by atoms with van der Waals surface area (Å²) in [6.07, 6.45) is 2.03. The molecule has 0 aromatic heterocycles. The van der Waals surface area contributed by atoms with Crippen molar-refractivity contribution in [3.05, 3.63) is 29.8 Å². The monoisotopic (exact) mass is 361 g/mol. The number of amides is 3. The fourth-order valence-electron chi connectivity index (χ4n) is 2.88. The summed E-state index contributed by atoms with van der Waals surface area (Å²) >= 11 is 0. The van der Waals surface area contributed by atoms with Crippen LogP contribution in [0.3, 0.4) is 0 Å². The Morgan fingerprint density at radius 3 is 2.42 bits per heavy atom. The van der Waals surface area contributed by atoms with Gasteiger partial charge in [-0.2, -0.15) is 0 Å². The highest BCUT2D eigenvalue weighted by Gasteiger charge is 2.34. The molecule has 7 nitrogen and oxygen atoms in total. The van der Waals surface area contributed by atoms with Crippen LogP contribution >= 0.6 is 0 Å². The van der Waals surface area contributed by atoms with Gasteiger partial charge >= 0.3 is 6.09 Å². The van der Waals surface area contributed by atoms with Gasteiger partial charge in [0.25, 0.3) is 0 Å². The van der Waals surface area contributed by atoms with Crippen molar-refractivity contribution in [1.29, 1.82) is 0 Å². The van der Waals surface area contributed by atoms with E-state index in [4.69, 9.17) is 10.5 Å². The molecule has 1 aromatic carbocycles. The van der Waals surface area contributed by atoms with E-state index in [9.17, 15) is 14.4 Å². The van der Waals surface area contributed by atoms with E-state index in [0.29, 0.717) is 18.7 Å². The number of carbonyl (C=O) groups is 3. The number of rotatable bonds is 4. The first kappa shape index (κ1) is 19.8. The van der Waals surface area contributed by atoms with Gasteiger partial charge in [-0.1, -0.05) is 12.1 Å². The summed E-state index contributed by atoms with van der Waals surface area (Å²) < 4.78 is 5.42. The third-order valence-electron chi connectivity index (χ3n) is 4.03. The summed E-state index contributed by atoms with van der Waals surface area (Å²) in [4.78, 5) is 37.5. The molecule has 1 aliphatic rings. The second-order valence-corrected chi connectivity index (χ2v) is 7.51. The molecule has 0 spiro atoms. The molecule has 1 unspecified atom stereocenters. The number of hydrogen-bond donors (Lipinski definition) is 2. The minimum absolute atomic E-state index is 0.156. The number of carbonyl (C=O) groups excluding carboxylic acids is 3. The SMILES string of the molecule is CC(C)(C)OC(=O)N1CCCCC1C(=O)Nc1ccc(CC(N)=O)cc1. The number of anilines is 1. The molecule has 1 heterocycles. The first-order valence-electron chi connectivity index (χ1n) is 8.83. The van der Waals surface area contributed by atoms with Crippen molar-refractivity contribution in [2.75, 3.05) is 11.9 Å². The van der Waals surface area contributed by atoms with Gasteiger partial charge in [-0.25, -0.2) is 4.79 Å². The average molecular weight is 361 g/mol. The van der Waals surface area contributed by atoms with Crippen LogP contribution in [-0.2, 0) is 20.7 Å². The van der Waals surface area contributed by atoms with Crippen molar-refractivity contribution in [2.24, 2.45) is 5.73 Å². The molecular weight excluding hydrogens is 334 g/mol. The molecule has 0 bridgehead atoms. The molecule has 2 rings (SSSR count). The van der Waals surface area contributed by atoms with Crippen molar-refractivity contribution < 1.29 is 19.1 Å². The number of ether oxygens (including phenoxy) is 1. The first-order chi connectivity index (χ1) is 12.2. The Labute approximate surface area is 153 Å². The predicted octanol–water partition coefficient (Wildman–Crippen LogP) is 2.44. The molecule has 3 amide bonds. The van der Waals surface area contributed by atoms with E-state index in [-0.39, 0.29) is 12.3 Å². The van der Waals surface area contributed by atoms with Gasteiger partial charge < -0.3 is 15.8 Å². The van der Waals surface area contributed by atoms with E-state index in [0.717, 1.165) is 18.4 Å². The summed E-state index contributed by atoms with van der Waals surface area (Å²) in [7, 11) is 0. The van der Waals surface area contributed by atoms with Crippen LogP contribution in [0, 0.1) is 0 Å². The number of hydrogen-bond acceptors (Lipinski definition) is 4. The lowest BCUT2D eigenvalue weighted by Gasteiger charge is -2.35. The van der Waals surface area contributed by atoms with Gasteiger partial charge in [-0.05, 0) is 57.7 Å².